The van der Waals surface area contributed by atoms with E-state index in [0.717, 1.165) is 44.0 Å². The number of halogens is 3. The molecule has 1 aromatic heterocycles. The number of amides is 1. The van der Waals surface area contributed by atoms with Crippen molar-refractivity contribution in [3.05, 3.63) is 68.8 Å². The number of para-hydroxylation sites is 1. The highest BCUT2D eigenvalue weighted by atomic mass is 35.5. The minimum atomic E-state index is -0.240. The lowest BCUT2D eigenvalue weighted by molar-refractivity contribution is 0.0985. The third-order valence-corrected chi connectivity index (χ3v) is 7.61. The van der Waals surface area contributed by atoms with Crippen molar-refractivity contribution in [2.75, 3.05) is 42.3 Å². The van der Waals surface area contributed by atoms with Gasteiger partial charge in [0.2, 0.25) is 5.95 Å². The number of hydrogen-bond donors (Lipinski definition) is 2. The molecule has 5 rings (SSSR count). The maximum atomic E-state index is 13.1. The van der Waals surface area contributed by atoms with Crippen molar-refractivity contribution in [2.24, 2.45) is 0 Å². The van der Waals surface area contributed by atoms with E-state index in [0.29, 0.717) is 43.2 Å². The monoisotopic (exact) mass is 534 g/mol. The van der Waals surface area contributed by atoms with Crippen LogP contribution in [0.25, 0.3) is 0 Å². The fourth-order valence-corrected chi connectivity index (χ4v) is 5.70. The Morgan fingerprint density at radius 1 is 1.06 bits per heavy atom. The van der Waals surface area contributed by atoms with Crippen molar-refractivity contribution in [1.82, 2.24) is 20.2 Å². The minimum Gasteiger partial charge on any atom is -0.324 e. The summed E-state index contributed by atoms with van der Waals surface area (Å²) in [7, 11) is 0. The van der Waals surface area contributed by atoms with Gasteiger partial charge in [0.15, 0.2) is 0 Å². The molecule has 0 aliphatic carbocycles. The van der Waals surface area contributed by atoms with Gasteiger partial charge in [-0.3, -0.25) is 14.6 Å². The maximum Gasteiger partial charge on any atom is 0.263 e. The van der Waals surface area contributed by atoms with Crippen LogP contribution in [0.1, 0.15) is 15.9 Å². The Kier molecular flexibility index (Phi) is 7.15. The van der Waals surface area contributed by atoms with Crippen molar-refractivity contribution in [3.8, 4) is 0 Å². The third kappa shape index (κ3) is 4.98. The number of anilines is 3. The Morgan fingerprint density at radius 3 is 2.56 bits per heavy atom. The van der Waals surface area contributed by atoms with E-state index >= 15 is 0 Å². The Bertz CT molecular complexity index is 1220. The van der Waals surface area contributed by atoms with E-state index in [2.05, 4.69) is 25.5 Å². The van der Waals surface area contributed by atoms with Crippen LogP contribution < -0.4 is 15.5 Å². The van der Waals surface area contributed by atoms with Crippen molar-refractivity contribution < 1.29 is 4.79 Å². The molecule has 0 atom stereocenters. The Morgan fingerprint density at radius 2 is 1.82 bits per heavy atom. The van der Waals surface area contributed by atoms with Crippen LogP contribution in [0, 0.1) is 0 Å². The fourth-order valence-electron chi connectivity index (χ4n) is 3.92. The average molecular weight is 536 g/mol. The SMILES string of the molecule is O=C1c2cnc(Nc3ccc(CN4CCNCC4)c(Cl)c3)nc2SCN1c1c(Cl)cccc1Cl. The average Bonchev–Trinajstić information content (AvgIpc) is 2.83. The topological polar surface area (TPSA) is 73.4 Å². The van der Waals surface area contributed by atoms with Crippen LogP contribution in [0.3, 0.4) is 0 Å². The number of fused-ring (bicyclic) bond motifs is 1. The second-order valence-corrected chi connectivity index (χ2v) is 10.1. The molecule has 3 aromatic rings. The molecule has 0 saturated carbocycles. The zero-order valence-corrected chi connectivity index (χ0v) is 21.1. The van der Waals surface area contributed by atoms with Gasteiger partial charge in [-0.1, -0.05) is 58.7 Å². The summed E-state index contributed by atoms with van der Waals surface area (Å²) in [5.41, 5.74) is 2.76. The molecule has 0 radical (unpaired) electrons. The molecule has 0 bridgehead atoms. The zero-order valence-electron chi connectivity index (χ0n) is 18.0. The van der Waals surface area contributed by atoms with Crippen LogP contribution in [-0.4, -0.2) is 52.8 Å². The Balaban J connectivity index is 1.31. The molecule has 0 spiro atoms. The van der Waals surface area contributed by atoms with Gasteiger partial charge in [-0.05, 0) is 29.8 Å². The van der Waals surface area contributed by atoms with Crippen LogP contribution >= 0.6 is 46.6 Å². The molecule has 0 unspecified atom stereocenters. The Hall–Kier alpha value is -2.07. The molecule has 2 aromatic carbocycles. The molecule has 1 fully saturated rings. The second-order valence-electron chi connectivity index (χ2n) is 7.95. The van der Waals surface area contributed by atoms with E-state index in [4.69, 9.17) is 34.8 Å². The molecule has 1 amide bonds. The number of rotatable bonds is 5. The number of thioether (sulfide) groups is 1. The summed E-state index contributed by atoms with van der Waals surface area (Å²) >= 11 is 20.6. The van der Waals surface area contributed by atoms with Crippen molar-refractivity contribution in [1.29, 1.82) is 0 Å². The molecule has 3 heterocycles. The summed E-state index contributed by atoms with van der Waals surface area (Å²) in [6.07, 6.45) is 1.53. The molecule has 2 aliphatic rings. The number of carbonyl (C=O) groups is 1. The van der Waals surface area contributed by atoms with Crippen molar-refractivity contribution >= 4 is 69.8 Å². The summed E-state index contributed by atoms with van der Waals surface area (Å²) in [5.74, 6) is 0.503. The minimum absolute atomic E-state index is 0.240. The fraction of sp³-hybridized carbons (Fsp3) is 0.261. The predicted molar refractivity (Wildman–Crippen MR) is 139 cm³/mol. The van der Waals surface area contributed by atoms with Gasteiger partial charge in [-0.2, -0.15) is 0 Å². The van der Waals surface area contributed by atoms with E-state index in [9.17, 15) is 4.79 Å². The van der Waals surface area contributed by atoms with Gasteiger partial charge in [0.1, 0.15) is 5.03 Å². The van der Waals surface area contributed by atoms with Gasteiger partial charge in [0.25, 0.3) is 5.91 Å². The van der Waals surface area contributed by atoms with Gasteiger partial charge in [0.05, 0.1) is 27.2 Å². The molecule has 176 valence electrons. The maximum absolute atomic E-state index is 13.1. The largest absolute Gasteiger partial charge is 0.324 e. The lowest BCUT2D eigenvalue weighted by atomic mass is 10.2. The number of nitrogens with zero attached hydrogens (tertiary/aromatic N) is 4. The summed E-state index contributed by atoms with van der Waals surface area (Å²) in [4.78, 5) is 25.9. The van der Waals surface area contributed by atoms with Crippen LogP contribution in [0.4, 0.5) is 17.3 Å². The summed E-state index contributed by atoms with van der Waals surface area (Å²) in [5, 5.41) is 8.68. The Labute approximate surface area is 216 Å². The molecular formula is C23H21Cl3N6OS. The number of carbonyl (C=O) groups excluding carboxylic acids is 1. The molecule has 2 N–H and O–H groups in total. The van der Waals surface area contributed by atoms with Gasteiger partial charge in [-0.25, -0.2) is 9.97 Å². The van der Waals surface area contributed by atoms with E-state index in [-0.39, 0.29) is 5.91 Å². The van der Waals surface area contributed by atoms with E-state index in [1.165, 1.54) is 18.0 Å². The number of benzene rings is 2. The standard InChI is InChI=1S/C23H21Cl3N6OS/c24-17-2-1-3-18(25)20(17)32-13-34-21-16(22(32)33)11-28-23(30-21)29-15-5-4-14(19(26)10-15)12-31-8-6-27-7-9-31/h1-5,10-11,27H,6-9,12-13H2,(H,28,29,30). The van der Waals surface area contributed by atoms with Crippen LogP contribution in [0.2, 0.25) is 15.1 Å². The molecule has 11 heteroatoms. The first-order valence-electron chi connectivity index (χ1n) is 10.7. The normalized spacial score (nSPS) is 16.4. The first-order valence-corrected chi connectivity index (χ1v) is 12.9. The summed E-state index contributed by atoms with van der Waals surface area (Å²) < 4.78 is 0. The lowest BCUT2D eigenvalue weighted by Gasteiger charge is -2.28. The van der Waals surface area contributed by atoms with Crippen LogP contribution in [-0.2, 0) is 6.54 Å². The highest BCUT2D eigenvalue weighted by Crippen LogP contribution is 2.39. The number of nitrogens with one attached hydrogen (secondary N) is 2. The highest BCUT2D eigenvalue weighted by Gasteiger charge is 2.30. The van der Waals surface area contributed by atoms with Crippen molar-refractivity contribution in [3.63, 3.8) is 0 Å². The van der Waals surface area contributed by atoms with Gasteiger partial charge >= 0.3 is 0 Å². The van der Waals surface area contributed by atoms with Crippen LogP contribution in [0.5, 0.6) is 0 Å². The number of aromatic nitrogens is 2. The molecule has 7 nitrogen and oxygen atoms in total. The number of piperazine rings is 1. The van der Waals surface area contributed by atoms with E-state index in [1.807, 2.05) is 18.2 Å². The quantitative estimate of drug-likeness (QED) is 0.430. The third-order valence-electron chi connectivity index (χ3n) is 5.68. The molecule has 2 aliphatic heterocycles. The predicted octanol–water partition coefficient (Wildman–Crippen LogP) is 5.30. The smallest absolute Gasteiger partial charge is 0.263 e. The van der Waals surface area contributed by atoms with Gasteiger partial charge in [-0.15, -0.1) is 0 Å². The zero-order chi connectivity index (χ0) is 23.7. The van der Waals surface area contributed by atoms with Crippen molar-refractivity contribution in [2.45, 2.75) is 11.6 Å². The molecule has 1 saturated heterocycles. The summed E-state index contributed by atoms with van der Waals surface area (Å²) in [6.45, 7) is 4.83. The van der Waals surface area contributed by atoms with Crippen LogP contribution in [0.15, 0.2) is 47.6 Å². The summed E-state index contributed by atoms with van der Waals surface area (Å²) in [6, 6.07) is 11.0. The van der Waals surface area contributed by atoms with E-state index < -0.39 is 0 Å². The first kappa shape index (κ1) is 23.7. The second kappa shape index (κ2) is 10.3. The number of hydrogen-bond acceptors (Lipinski definition) is 7. The highest BCUT2D eigenvalue weighted by molar-refractivity contribution is 7.99. The lowest BCUT2D eigenvalue weighted by Crippen LogP contribution is -2.42. The molecular weight excluding hydrogens is 515 g/mol. The van der Waals surface area contributed by atoms with Gasteiger partial charge in [0, 0.05) is 49.6 Å². The van der Waals surface area contributed by atoms with E-state index in [1.54, 1.807) is 23.1 Å². The molecule has 34 heavy (non-hydrogen) atoms. The van der Waals surface area contributed by atoms with Gasteiger partial charge < -0.3 is 10.6 Å². The first-order chi connectivity index (χ1) is 16.5.